The lowest BCUT2D eigenvalue weighted by atomic mass is 10.2. The summed E-state index contributed by atoms with van der Waals surface area (Å²) in [5.41, 5.74) is 5.08. The monoisotopic (exact) mass is 172 g/mol. The van der Waals surface area contributed by atoms with E-state index in [9.17, 15) is 4.79 Å². The Morgan fingerprint density at radius 1 is 1.83 bits per heavy atom. The van der Waals surface area contributed by atoms with Crippen molar-refractivity contribution in [3.05, 3.63) is 0 Å². The van der Waals surface area contributed by atoms with Crippen LogP contribution in [0.1, 0.15) is 19.8 Å². The molecule has 4 nitrogen and oxygen atoms in total. The molecule has 12 heavy (non-hydrogen) atoms. The Morgan fingerprint density at radius 3 is 3.08 bits per heavy atom. The van der Waals surface area contributed by atoms with Crippen molar-refractivity contribution in [1.82, 2.24) is 5.32 Å². The first-order valence-electron chi connectivity index (χ1n) is 4.34. The first-order chi connectivity index (χ1) is 5.70. The van der Waals surface area contributed by atoms with E-state index in [-0.39, 0.29) is 18.1 Å². The Hall–Kier alpha value is -0.610. The zero-order valence-electron chi connectivity index (χ0n) is 7.38. The highest BCUT2D eigenvalue weighted by Gasteiger charge is 2.17. The number of carbonyl (C=O) groups is 1. The Morgan fingerprint density at radius 2 is 2.58 bits per heavy atom. The lowest BCUT2D eigenvalue weighted by Gasteiger charge is -2.13. The van der Waals surface area contributed by atoms with E-state index in [0.717, 1.165) is 26.0 Å². The fourth-order valence-electron chi connectivity index (χ4n) is 1.21. The van der Waals surface area contributed by atoms with Gasteiger partial charge in [0.1, 0.15) is 0 Å². The predicted octanol–water partition coefficient (Wildman–Crippen LogP) is -0.371. The molecule has 1 saturated heterocycles. The largest absolute Gasteiger partial charge is 0.377 e. The molecule has 0 aromatic heterocycles. The first kappa shape index (κ1) is 9.48. The average molecular weight is 172 g/mol. The van der Waals surface area contributed by atoms with Gasteiger partial charge in [0.15, 0.2) is 0 Å². The summed E-state index contributed by atoms with van der Waals surface area (Å²) in [7, 11) is 0. The van der Waals surface area contributed by atoms with Crippen molar-refractivity contribution in [3.63, 3.8) is 0 Å². The van der Waals surface area contributed by atoms with Crippen LogP contribution in [0.25, 0.3) is 0 Å². The number of ether oxygens (including phenoxy) is 1. The van der Waals surface area contributed by atoms with Crippen molar-refractivity contribution in [1.29, 1.82) is 0 Å². The molecule has 1 aliphatic rings. The average Bonchev–Trinajstić information content (AvgIpc) is 2.51. The molecule has 0 spiro atoms. The topological polar surface area (TPSA) is 64.3 Å². The van der Waals surface area contributed by atoms with Gasteiger partial charge in [-0.25, -0.2) is 0 Å². The third-order valence-electron chi connectivity index (χ3n) is 2.10. The summed E-state index contributed by atoms with van der Waals surface area (Å²) in [5, 5.41) is 3.02. The van der Waals surface area contributed by atoms with Crippen LogP contribution in [0.2, 0.25) is 0 Å². The molecule has 0 bridgehead atoms. The van der Waals surface area contributed by atoms with E-state index >= 15 is 0 Å². The standard InChI is InChI=1S/C8H16N2O2/c1-6(8(9)11)10-5-7-3-2-4-12-7/h6-7,10H,2-5H2,1H3,(H2,9,11). The summed E-state index contributed by atoms with van der Waals surface area (Å²) in [6, 6.07) is -0.255. The van der Waals surface area contributed by atoms with Crippen molar-refractivity contribution >= 4 is 5.91 Å². The third kappa shape index (κ3) is 2.79. The van der Waals surface area contributed by atoms with Gasteiger partial charge in [-0.2, -0.15) is 0 Å². The van der Waals surface area contributed by atoms with E-state index in [1.54, 1.807) is 6.92 Å². The number of hydrogen-bond donors (Lipinski definition) is 2. The van der Waals surface area contributed by atoms with Gasteiger partial charge in [0.25, 0.3) is 0 Å². The molecule has 0 aromatic carbocycles. The van der Waals surface area contributed by atoms with Crippen LogP contribution in [0.5, 0.6) is 0 Å². The lowest BCUT2D eigenvalue weighted by molar-refractivity contribution is -0.119. The Bertz CT molecular complexity index is 155. The molecule has 3 N–H and O–H groups in total. The van der Waals surface area contributed by atoms with E-state index in [1.165, 1.54) is 0 Å². The smallest absolute Gasteiger partial charge is 0.234 e. The van der Waals surface area contributed by atoms with Crippen LogP contribution in [0, 0.1) is 0 Å². The number of carbonyl (C=O) groups excluding carboxylic acids is 1. The number of nitrogens with two attached hydrogens (primary N) is 1. The van der Waals surface area contributed by atoms with Gasteiger partial charge in [-0.3, -0.25) is 4.79 Å². The molecule has 0 aromatic rings. The molecule has 1 heterocycles. The molecule has 4 heteroatoms. The van der Waals surface area contributed by atoms with Gasteiger partial charge >= 0.3 is 0 Å². The molecule has 0 aliphatic carbocycles. The van der Waals surface area contributed by atoms with Gasteiger partial charge in [0, 0.05) is 13.2 Å². The molecule has 2 atom stereocenters. The molecular weight excluding hydrogens is 156 g/mol. The van der Waals surface area contributed by atoms with Crippen LogP contribution in [0.15, 0.2) is 0 Å². The second-order valence-corrected chi connectivity index (χ2v) is 3.17. The normalized spacial score (nSPS) is 25.6. The third-order valence-corrected chi connectivity index (χ3v) is 2.10. The second kappa shape index (κ2) is 4.42. The SMILES string of the molecule is CC(NCC1CCCO1)C(N)=O. The molecule has 0 saturated carbocycles. The van der Waals surface area contributed by atoms with Gasteiger partial charge in [0.05, 0.1) is 12.1 Å². The van der Waals surface area contributed by atoms with E-state index in [0.29, 0.717) is 0 Å². The minimum Gasteiger partial charge on any atom is -0.377 e. The van der Waals surface area contributed by atoms with E-state index in [4.69, 9.17) is 10.5 Å². The van der Waals surface area contributed by atoms with Crippen LogP contribution >= 0.6 is 0 Å². The number of nitrogens with one attached hydrogen (secondary N) is 1. The highest BCUT2D eigenvalue weighted by atomic mass is 16.5. The second-order valence-electron chi connectivity index (χ2n) is 3.17. The summed E-state index contributed by atoms with van der Waals surface area (Å²) >= 11 is 0. The molecule has 1 fully saturated rings. The quantitative estimate of drug-likeness (QED) is 0.608. The Balaban J connectivity index is 2.11. The minimum absolute atomic E-state index is 0.255. The van der Waals surface area contributed by atoms with Crippen LogP contribution in [0.4, 0.5) is 0 Å². The van der Waals surface area contributed by atoms with Gasteiger partial charge < -0.3 is 15.8 Å². The van der Waals surface area contributed by atoms with Crippen LogP contribution < -0.4 is 11.1 Å². The number of amides is 1. The zero-order chi connectivity index (χ0) is 8.97. The molecule has 1 amide bonds. The highest BCUT2D eigenvalue weighted by molar-refractivity contribution is 5.79. The summed E-state index contributed by atoms with van der Waals surface area (Å²) in [5.74, 6) is -0.312. The van der Waals surface area contributed by atoms with E-state index in [1.807, 2.05) is 0 Å². The zero-order valence-corrected chi connectivity index (χ0v) is 7.38. The summed E-state index contributed by atoms with van der Waals surface area (Å²) in [4.78, 5) is 10.6. The van der Waals surface area contributed by atoms with E-state index < -0.39 is 0 Å². The maximum Gasteiger partial charge on any atom is 0.234 e. The molecule has 1 rings (SSSR count). The lowest BCUT2D eigenvalue weighted by Crippen LogP contribution is -2.42. The fourth-order valence-corrected chi connectivity index (χ4v) is 1.21. The molecule has 70 valence electrons. The first-order valence-corrected chi connectivity index (χ1v) is 4.34. The van der Waals surface area contributed by atoms with E-state index in [2.05, 4.69) is 5.32 Å². The fraction of sp³-hybridized carbons (Fsp3) is 0.875. The maximum absolute atomic E-state index is 10.6. The highest BCUT2D eigenvalue weighted by Crippen LogP contribution is 2.10. The summed E-state index contributed by atoms with van der Waals surface area (Å²) < 4.78 is 5.37. The number of hydrogen-bond acceptors (Lipinski definition) is 3. The van der Waals surface area contributed by atoms with Crippen molar-refractivity contribution in [2.24, 2.45) is 5.73 Å². The van der Waals surface area contributed by atoms with Gasteiger partial charge in [0.2, 0.25) is 5.91 Å². The van der Waals surface area contributed by atoms with Crippen molar-refractivity contribution in [2.75, 3.05) is 13.2 Å². The Kier molecular flexibility index (Phi) is 3.49. The molecule has 1 aliphatic heterocycles. The van der Waals surface area contributed by atoms with Crippen LogP contribution in [0.3, 0.4) is 0 Å². The van der Waals surface area contributed by atoms with Crippen molar-refractivity contribution < 1.29 is 9.53 Å². The van der Waals surface area contributed by atoms with Gasteiger partial charge in [-0.1, -0.05) is 0 Å². The molecule has 0 radical (unpaired) electrons. The Labute approximate surface area is 72.5 Å². The van der Waals surface area contributed by atoms with Crippen molar-refractivity contribution in [2.45, 2.75) is 31.9 Å². The predicted molar refractivity (Wildman–Crippen MR) is 45.6 cm³/mol. The summed E-state index contributed by atoms with van der Waals surface area (Å²) in [6.07, 6.45) is 2.47. The minimum atomic E-state index is -0.312. The van der Waals surface area contributed by atoms with Crippen LogP contribution in [-0.4, -0.2) is 31.2 Å². The summed E-state index contributed by atoms with van der Waals surface area (Å²) in [6.45, 7) is 3.33. The van der Waals surface area contributed by atoms with Gasteiger partial charge in [-0.05, 0) is 19.8 Å². The number of rotatable bonds is 4. The molecular formula is C8H16N2O2. The van der Waals surface area contributed by atoms with Gasteiger partial charge in [-0.15, -0.1) is 0 Å². The van der Waals surface area contributed by atoms with Crippen molar-refractivity contribution in [3.8, 4) is 0 Å². The molecule has 2 unspecified atom stereocenters. The number of primary amides is 1. The maximum atomic E-state index is 10.6. The van der Waals surface area contributed by atoms with Crippen LogP contribution in [-0.2, 0) is 9.53 Å².